The van der Waals surface area contributed by atoms with Crippen molar-refractivity contribution < 1.29 is 32.7 Å². The van der Waals surface area contributed by atoms with Gasteiger partial charge in [0, 0.05) is 5.56 Å². The van der Waals surface area contributed by atoms with E-state index in [9.17, 15) is 28.0 Å². The van der Waals surface area contributed by atoms with E-state index in [0.717, 1.165) is 12.1 Å². The number of fused-ring (bicyclic) bond motifs is 1. The second-order valence-corrected chi connectivity index (χ2v) is 7.05. The molecule has 2 heterocycles. The van der Waals surface area contributed by atoms with E-state index in [1.54, 1.807) is 0 Å². The first-order valence-corrected chi connectivity index (χ1v) is 8.88. The van der Waals surface area contributed by atoms with Crippen LogP contribution in [0.4, 0.5) is 19.3 Å². The average Bonchev–Trinajstić information content (AvgIpc) is 2.93. The molecule has 2 N–H and O–H groups in total. The Morgan fingerprint density at radius 1 is 1.13 bits per heavy atom. The van der Waals surface area contributed by atoms with Gasteiger partial charge in [0.1, 0.15) is 11.3 Å². The monoisotopic (exact) mass is 415 g/mol. The zero-order chi connectivity index (χ0) is 21.6. The van der Waals surface area contributed by atoms with Crippen LogP contribution in [-0.4, -0.2) is 41.7 Å². The highest BCUT2D eigenvalue weighted by Gasteiger charge is 2.49. The lowest BCUT2D eigenvalue weighted by Crippen LogP contribution is -2.41. The molecular formula is C20H15F2N3O5. The summed E-state index contributed by atoms with van der Waals surface area (Å²) in [6.45, 7) is 0.638. The van der Waals surface area contributed by atoms with E-state index >= 15 is 0 Å². The Morgan fingerprint density at radius 3 is 2.63 bits per heavy atom. The molecule has 30 heavy (non-hydrogen) atoms. The molecule has 1 fully saturated rings. The van der Waals surface area contributed by atoms with Crippen molar-refractivity contribution in [3.63, 3.8) is 0 Å². The minimum absolute atomic E-state index is 0.0448. The second-order valence-electron chi connectivity index (χ2n) is 7.05. The summed E-state index contributed by atoms with van der Waals surface area (Å²) in [7, 11) is 0. The molecule has 0 saturated carbocycles. The van der Waals surface area contributed by atoms with Crippen molar-refractivity contribution in [2.45, 2.75) is 12.5 Å². The zero-order valence-electron chi connectivity index (χ0n) is 15.6. The Labute approximate surface area is 168 Å². The second kappa shape index (κ2) is 6.90. The standard InChI is InChI=1S/C20H15F2N3O5/c1-20(11-3-4-12(21)13(22)7-11)18(28)25(19(29)24-20)8-15(26)10-2-5-16-14(6-10)23-17(27)9-30-16/h2-7H,8-9H2,1H3,(H,23,27)(H,24,29). The van der Waals surface area contributed by atoms with E-state index in [2.05, 4.69) is 10.6 Å². The summed E-state index contributed by atoms with van der Waals surface area (Å²) in [5.74, 6) is -3.56. The highest BCUT2D eigenvalue weighted by atomic mass is 19.2. The molecule has 0 spiro atoms. The highest BCUT2D eigenvalue weighted by Crippen LogP contribution is 2.31. The van der Waals surface area contributed by atoms with Crippen LogP contribution in [0.1, 0.15) is 22.8 Å². The minimum atomic E-state index is -1.65. The van der Waals surface area contributed by atoms with Crippen LogP contribution in [0.15, 0.2) is 36.4 Å². The quantitative estimate of drug-likeness (QED) is 0.587. The molecule has 8 nitrogen and oxygen atoms in total. The Morgan fingerprint density at radius 2 is 1.90 bits per heavy atom. The van der Waals surface area contributed by atoms with E-state index in [0.29, 0.717) is 16.3 Å². The van der Waals surface area contributed by atoms with Gasteiger partial charge in [0.2, 0.25) is 0 Å². The maximum atomic E-state index is 13.6. The summed E-state index contributed by atoms with van der Waals surface area (Å²) in [5, 5.41) is 4.99. The fraction of sp³-hybridized carbons (Fsp3) is 0.200. The van der Waals surface area contributed by atoms with Gasteiger partial charge in [-0.15, -0.1) is 0 Å². The fourth-order valence-electron chi connectivity index (χ4n) is 3.33. The summed E-state index contributed by atoms with van der Waals surface area (Å²) < 4.78 is 32.1. The smallest absolute Gasteiger partial charge is 0.325 e. The van der Waals surface area contributed by atoms with E-state index in [1.807, 2.05) is 0 Å². The first kappa shape index (κ1) is 19.5. The Kier molecular flexibility index (Phi) is 4.49. The van der Waals surface area contributed by atoms with Crippen molar-refractivity contribution in [1.82, 2.24) is 10.2 Å². The van der Waals surface area contributed by atoms with Gasteiger partial charge in [0.25, 0.3) is 11.8 Å². The third-order valence-corrected chi connectivity index (χ3v) is 5.01. The van der Waals surface area contributed by atoms with E-state index in [4.69, 9.17) is 4.74 Å². The molecule has 10 heteroatoms. The van der Waals surface area contributed by atoms with Gasteiger partial charge in [-0.3, -0.25) is 19.3 Å². The van der Waals surface area contributed by atoms with E-state index in [1.165, 1.54) is 31.2 Å². The number of halogens is 2. The molecule has 1 unspecified atom stereocenters. The lowest BCUT2D eigenvalue weighted by atomic mass is 9.92. The number of nitrogens with one attached hydrogen (secondary N) is 2. The van der Waals surface area contributed by atoms with Gasteiger partial charge in [-0.05, 0) is 42.8 Å². The molecule has 2 aliphatic heterocycles. The number of hydrogen-bond acceptors (Lipinski definition) is 5. The van der Waals surface area contributed by atoms with Gasteiger partial charge in [0.15, 0.2) is 24.0 Å². The minimum Gasteiger partial charge on any atom is -0.482 e. The van der Waals surface area contributed by atoms with Crippen LogP contribution in [0.2, 0.25) is 0 Å². The molecule has 4 rings (SSSR count). The number of anilines is 1. The molecule has 2 aliphatic rings. The molecule has 1 saturated heterocycles. The molecule has 0 aliphatic carbocycles. The van der Waals surface area contributed by atoms with Crippen molar-refractivity contribution >= 4 is 29.3 Å². The third kappa shape index (κ3) is 3.15. The lowest BCUT2D eigenvalue weighted by Gasteiger charge is -2.22. The first-order chi connectivity index (χ1) is 14.2. The number of ether oxygens (including phenoxy) is 1. The van der Waals surface area contributed by atoms with Gasteiger partial charge in [-0.1, -0.05) is 6.07 Å². The number of imide groups is 1. The highest BCUT2D eigenvalue weighted by molar-refractivity contribution is 6.11. The molecule has 4 amide bonds. The lowest BCUT2D eigenvalue weighted by molar-refractivity contribution is -0.130. The van der Waals surface area contributed by atoms with Gasteiger partial charge < -0.3 is 15.4 Å². The first-order valence-electron chi connectivity index (χ1n) is 8.88. The maximum Gasteiger partial charge on any atom is 0.325 e. The van der Waals surface area contributed by atoms with Crippen LogP contribution >= 0.6 is 0 Å². The van der Waals surface area contributed by atoms with E-state index < -0.39 is 41.4 Å². The fourth-order valence-corrected chi connectivity index (χ4v) is 3.33. The Hall–Kier alpha value is -3.82. The van der Waals surface area contributed by atoms with Crippen molar-refractivity contribution in [2.75, 3.05) is 18.5 Å². The normalized spacial score (nSPS) is 20.4. The number of amides is 4. The number of benzene rings is 2. The molecule has 2 aromatic carbocycles. The summed E-state index contributed by atoms with van der Waals surface area (Å²) in [5.41, 5.74) is -1.14. The predicted octanol–water partition coefficient (Wildman–Crippen LogP) is 1.95. The van der Waals surface area contributed by atoms with Crippen LogP contribution in [-0.2, 0) is 15.1 Å². The SMILES string of the molecule is CC1(c2ccc(F)c(F)c2)NC(=O)N(CC(=O)c2ccc3c(c2)NC(=O)CO3)C1=O. The molecule has 1 atom stereocenters. The van der Waals surface area contributed by atoms with Gasteiger partial charge in [-0.2, -0.15) is 0 Å². The summed E-state index contributed by atoms with van der Waals surface area (Å²) in [6, 6.07) is 6.37. The van der Waals surface area contributed by atoms with Crippen LogP contribution < -0.4 is 15.4 Å². The maximum absolute atomic E-state index is 13.6. The van der Waals surface area contributed by atoms with Crippen LogP contribution in [0.3, 0.4) is 0 Å². The van der Waals surface area contributed by atoms with Gasteiger partial charge >= 0.3 is 6.03 Å². The number of rotatable bonds is 4. The summed E-state index contributed by atoms with van der Waals surface area (Å²) >= 11 is 0. The number of urea groups is 1. The molecule has 0 bridgehead atoms. The number of Topliss-reactive ketones (excluding diaryl/α,β-unsaturated/α-hetero) is 1. The van der Waals surface area contributed by atoms with Crippen LogP contribution in [0.5, 0.6) is 5.75 Å². The Balaban J connectivity index is 1.56. The molecule has 0 radical (unpaired) electrons. The third-order valence-electron chi connectivity index (χ3n) is 5.01. The van der Waals surface area contributed by atoms with Crippen LogP contribution in [0, 0.1) is 11.6 Å². The average molecular weight is 415 g/mol. The number of nitrogens with zero attached hydrogens (tertiary/aromatic N) is 1. The Bertz CT molecular complexity index is 1120. The van der Waals surface area contributed by atoms with Gasteiger partial charge in [-0.25, -0.2) is 13.6 Å². The summed E-state index contributed by atoms with van der Waals surface area (Å²) in [4.78, 5) is 50.1. The van der Waals surface area contributed by atoms with Gasteiger partial charge in [0.05, 0.1) is 12.2 Å². The topological polar surface area (TPSA) is 105 Å². The van der Waals surface area contributed by atoms with E-state index in [-0.39, 0.29) is 23.6 Å². The zero-order valence-corrected chi connectivity index (χ0v) is 15.6. The molecular weight excluding hydrogens is 400 g/mol. The van der Waals surface area contributed by atoms with Crippen LogP contribution in [0.25, 0.3) is 0 Å². The van der Waals surface area contributed by atoms with Crippen molar-refractivity contribution in [2.24, 2.45) is 0 Å². The number of hydrogen-bond donors (Lipinski definition) is 2. The summed E-state index contributed by atoms with van der Waals surface area (Å²) in [6.07, 6.45) is 0. The van der Waals surface area contributed by atoms with Crippen molar-refractivity contribution in [3.8, 4) is 5.75 Å². The number of ketones is 1. The largest absolute Gasteiger partial charge is 0.482 e. The molecule has 154 valence electrons. The molecule has 2 aromatic rings. The number of carbonyl (C=O) groups is 4. The predicted molar refractivity (Wildman–Crippen MR) is 98.9 cm³/mol. The van der Waals surface area contributed by atoms with Crippen molar-refractivity contribution in [3.05, 3.63) is 59.2 Å². The van der Waals surface area contributed by atoms with Crippen molar-refractivity contribution in [1.29, 1.82) is 0 Å². The molecule has 0 aromatic heterocycles. The number of carbonyl (C=O) groups excluding carboxylic acids is 4.